The Morgan fingerprint density at radius 3 is 2.37 bits per heavy atom. The van der Waals surface area contributed by atoms with Crippen molar-refractivity contribution in [2.75, 3.05) is 0 Å². The van der Waals surface area contributed by atoms with Crippen molar-refractivity contribution in [3.8, 4) is 0 Å². The predicted molar refractivity (Wildman–Crippen MR) is 96.3 cm³/mol. The lowest BCUT2D eigenvalue weighted by Crippen LogP contribution is -2.30. The van der Waals surface area contributed by atoms with Gasteiger partial charge in [0.25, 0.3) is 11.5 Å². The zero-order valence-electron chi connectivity index (χ0n) is 14.6. The van der Waals surface area contributed by atoms with Gasteiger partial charge >= 0.3 is 0 Å². The maximum absolute atomic E-state index is 13.6. The summed E-state index contributed by atoms with van der Waals surface area (Å²) in [6.07, 6.45) is 0. The largest absolute Gasteiger partial charge is 0.346 e. The Bertz CT molecular complexity index is 1010. The number of hydrogen-bond acceptors (Lipinski definition) is 3. The highest BCUT2D eigenvalue weighted by Gasteiger charge is 2.13. The van der Waals surface area contributed by atoms with Gasteiger partial charge in [0.05, 0.1) is 6.54 Å². The van der Waals surface area contributed by atoms with Crippen molar-refractivity contribution in [3.63, 3.8) is 0 Å². The standard InChI is InChI=1S/C20H17F2N3O2/c1-13-5-7-14(8-6-13)12-25-19(26)10-9-18(24-25)20(27)23-11-15-16(21)3-2-4-17(15)22/h2-10H,11-12H2,1H3,(H,23,27). The first kappa shape index (κ1) is 18.4. The van der Waals surface area contributed by atoms with Gasteiger partial charge in [-0.05, 0) is 30.7 Å². The number of rotatable bonds is 5. The van der Waals surface area contributed by atoms with E-state index >= 15 is 0 Å². The highest BCUT2D eigenvalue weighted by Crippen LogP contribution is 2.11. The normalized spacial score (nSPS) is 10.6. The average molecular weight is 369 g/mol. The minimum Gasteiger partial charge on any atom is -0.346 e. The Kier molecular flexibility index (Phi) is 5.40. The van der Waals surface area contributed by atoms with Gasteiger partial charge < -0.3 is 5.32 Å². The number of hydrogen-bond donors (Lipinski definition) is 1. The van der Waals surface area contributed by atoms with Gasteiger partial charge in [0.1, 0.15) is 17.3 Å². The zero-order valence-corrected chi connectivity index (χ0v) is 14.6. The first-order chi connectivity index (χ1) is 12.9. The molecule has 0 aliphatic carbocycles. The number of nitrogens with zero attached hydrogens (tertiary/aromatic N) is 2. The number of aryl methyl sites for hydroxylation is 1. The maximum Gasteiger partial charge on any atom is 0.271 e. The summed E-state index contributed by atoms with van der Waals surface area (Å²) in [5.41, 5.74) is 1.35. The third-order valence-corrected chi connectivity index (χ3v) is 4.04. The van der Waals surface area contributed by atoms with Gasteiger partial charge in [-0.1, -0.05) is 35.9 Å². The fourth-order valence-electron chi connectivity index (χ4n) is 2.51. The lowest BCUT2D eigenvalue weighted by atomic mass is 10.1. The Morgan fingerprint density at radius 1 is 1.04 bits per heavy atom. The Labute approximate surface area is 154 Å². The second-order valence-corrected chi connectivity index (χ2v) is 6.08. The number of carbonyl (C=O) groups is 1. The van der Waals surface area contributed by atoms with Crippen molar-refractivity contribution >= 4 is 5.91 Å². The molecule has 0 aliphatic heterocycles. The second-order valence-electron chi connectivity index (χ2n) is 6.08. The van der Waals surface area contributed by atoms with E-state index in [2.05, 4.69) is 10.4 Å². The molecule has 0 fully saturated rings. The maximum atomic E-state index is 13.6. The van der Waals surface area contributed by atoms with E-state index in [0.717, 1.165) is 23.3 Å². The van der Waals surface area contributed by atoms with E-state index in [4.69, 9.17) is 0 Å². The summed E-state index contributed by atoms with van der Waals surface area (Å²) >= 11 is 0. The summed E-state index contributed by atoms with van der Waals surface area (Å²) < 4.78 is 28.4. The van der Waals surface area contributed by atoms with E-state index in [-0.39, 0.29) is 29.9 Å². The van der Waals surface area contributed by atoms with E-state index in [9.17, 15) is 18.4 Å². The van der Waals surface area contributed by atoms with Gasteiger partial charge in [0.15, 0.2) is 0 Å². The molecule has 1 heterocycles. The monoisotopic (exact) mass is 369 g/mol. The minimum absolute atomic E-state index is 0.0153. The molecule has 0 saturated carbocycles. The van der Waals surface area contributed by atoms with Gasteiger partial charge in [-0.25, -0.2) is 13.5 Å². The summed E-state index contributed by atoms with van der Waals surface area (Å²) in [6, 6.07) is 13.6. The minimum atomic E-state index is -0.743. The molecular formula is C20H17F2N3O2. The summed E-state index contributed by atoms with van der Waals surface area (Å²) in [7, 11) is 0. The Hall–Kier alpha value is -3.35. The molecule has 0 bridgehead atoms. The molecule has 27 heavy (non-hydrogen) atoms. The molecule has 5 nitrogen and oxygen atoms in total. The van der Waals surface area contributed by atoms with Crippen LogP contribution in [0.15, 0.2) is 59.4 Å². The van der Waals surface area contributed by atoms with Crippen LogP contribution in [0.4, 0.5) is 8.78 Å². The van der Waals surface area contributed by atoms with Gasteiger partial charge in [-0.3, -0.25) is 9.59 Å². The van der Waals surface area contributed by atoms with Crippen molar-refractivity contribution in [2.45, 2.75) is 20.0 Å². The fraction of sp³-hybridized carbons (Fsp3) is 0.150. The van der Waals surface area contributed by atoms with Crippen LogP contribution < -0.4 is 10.9 Å². The number of nitrogens with one attached hydrogen (secondary N) is 1. The Balaban J connectivity index is 1.75. The molecule has 7 heteroatoms. The first-order valence-corrected chi connectivity index (χ1v) is 8.29. The predicted octanol–water partition coefficient (Wildman–Crippen LogP) is 2.81. The summed E-state index contributed by atoms with van der Waals surface area (Å²) in [5.74, 6) is -2.12. The third-order valence-electron chi connectivity index (χ3n) is 4.04. The van der Waals surface area contributed by atoms with E-state index < -0.39 is 17.5 Å². The molecule has 0 saturated heterocycles. The lowest BCUT2D eigenvalue weighted by molar-refractivity contribution is 0.0942. The van der Waals surface area contributed by atoms with E-state index in [1.165, 1.54) is 22.9 Å². The van der Waals surface area contributed by atoms with Gasteiger partial charge in [0.2, 0.25) is 0 Å². The van der Waals surface area contributed by atoms with E-state index in [0.29, 0.717) is 0 Å². The molecule has 0 spiro atoms. The van der Waals surface area contributed by atoms with Crippen LogP contribution in [-0.2, 0) is 13.1 Å². The van der Waals surface area contributed by atoms with Crippen molar-refractivity contribution in [3.05, 3.63) is 99.0 Å². The van der Waals surface area contributed by atoms with Gasteiger partial charge in [0, 0.05) is 18.2 Å². The molecular weight excluding hydrogens is 352 g/mol. The SMILES string of the molecule is Cc1ccc(Cn2nc(C(=O)NCc3c(F)cccc3F)ccc2=O)cc1. The average Bonchev–Trinajstić information content (AvgIpc) is 2.64. The van der Waals surface area contributed by atoms with Crippen molar-refractivity contribution in [1.82, 2.24) is 15.1 Å². The molecule has 0 aliphatic rings. The summed E-state index contributed by atoms with van der Waals surface area (Å²) in [6.45, 7) is 1.84. The zero-order chi connectivity index (χ0) is 19.4. The van der Waals surface area contributed by atoms with Crippen LogP contribution in [0.1, 0.15) is 27.2 Å². The highest BCUT2D eigenvalue weighted by molar-refractivity contribution is 5.91. The smallest absolute Gasteiger partial charge is 0.271 e. The van der Waals surface area contributed by atoms with Crippen LogP contribution in [0, 0.1) is 18.6 Å². The van der Waals surface area contributed by atoms with Crippen LogP contribution in [0.25, 0.3) is 0 Å². The van der Waals surface area contributed by atoms with Crippen LogP contribution in [0.3, 0.4) is 0 Å². The topological polar surface area (TPSA) is 64.0 Å². The Morgan fingerprint density at radius 2 is 1.70 bits per heavy atom. The molecule has 0 atom stereocenters. The fourth-order valence-corrected chi connectivity index (χ4v) is 2.51. The number of aromatic nitrogens is 2. The molecule has 1 aromatic heterocycles. The van der Waals surface area contributed by atoms with E-state index in [1.54, 1.807) is 0 Å². The van der Waals surface area contributed by atoms with E-state index in [1.807, 2.05) is 31.2 Å². The second kappa shape index (κ2) is 7.90. The van der Waals surface area contributed by atoms with Crippen molar-refractivity contribution in [2.24, 2.45) is 0 Å². The van der Waals surface area contributed by atoms with Gasteiger partial charge in [-0.15, -0.1) is 0 Å². The molecule has 0 radical (unpaired) electrons. The number of carbonyl (C=O) groups excluding carboxylic acids is 1. The molecule has 0 unspecified atom stereocenters. The quantitative estimate of drug-likeness (QED) is 0.752. The summed E-state index contributed by atoms with van der Waals surface area (Å²) in [4.78, 5) is 24.3. The molecule has 3 aromatic rings. The van der Waals surface area contributed by atoms with Crippen LogP contribution in [0.2, 0.25) is 0 Å². The molecule has 1 N–H and O–H groups in total. The number of benzene rings is 2. The highest BCUT2D eigenvalue weighted by atomic mass is 19.1. The molecule has 1 amide bonds. The number of halogens is 2. The molecule has 3 rings (SSSR count). The molecule has 2 aromatic carbocycles. The molecule has 138 valence electrons. The number of amides is 1. The van der Waals surface area contributed by atoms with Crippen LogP contribution in [-0.4, -0.2) is 15.7 Å². The van der Waals surface area contributed by atoms with Gasteiger partial charge in [-0.2, -0.15) is 5.10 Å². The van der Waals surface area contributed by atoms with Crippen LogP contribution in [0.5, 0.6) is 0 Å². The van der Waals surface area contributed by atoms with Crippen molar-refractivity contribution in [1.29, 1.82) is 0 Å². The van der Waals surface area contributed by atoms with Crippen LogP contribution >= 0.6 is 0 Å². The first-order valence-electron chi connectivity index (χ1n) is 8.29. The van der Waals surface area contributed by atoms with Crippen molar-refractivity contribution < 1.29 is 13.6 Å². The third kappa shape index (κ3) is 4.44. The summed E-state index contributed by atoms with van der Waals surface area (Å²) in [5, 5.41) is 6.47. The lowest BCUT2D eigenvalue weighted by Gasteiger charge is -2.09.